The number of benzene rings is 2. The first kappa shape index (κ1) is 14.9. The molecule has 0 bridgehead atoms. The van der Waals surface area contributed by atoms with Crippen LogP contribution in [0.4, 0.5) is 4.39 Å². The summed E-state index contributed by atoms with van der Waals surface area (Å²) in [7, 11) is 1.45. The zero-order chi connectivity index (χ0) is 14.5. The SMILES string of the molecule is COc1cccc(C(N)CSc2ccc(C)cc2)c1F. The van der Waals surface area contributed by atoms with Crippen LogP contribution in [-0.4, -0.2) is 12.9 Å². The van der Waals surface area contributed by atoms with Crippen molar-refractivity contribution in [1.29, 1.82) is 0 Å². The number of rotatable bonds is 5. The molecular weight excluding hydrogens is 273 g/mol. The van der Waals surface area contributed by atoms with E-state index in [1.807, 2.05) is 6.92 Å². The minimum absolute atomic E-state index is 0.235. The van der Waals surface area contributed by atoms with Gasteiger partial charge in [-0.05, 0) is 25.1 Å². The van der Waals surface area contributed by atoms with E-state index >= 15 is 0 Å². The van der Waals surface area contributed by atoms with E-state index < -0.39 is 0 Å². The highest BCUT2D eigenvalue weighted by molar-refractivity contribution is 7.99. The zero-order valence-corrected chi connectivity index (χ0v) is 12.4. The molecule has 0 saturated carbocycles. The van der Waals surface area contributed by atoms with Crippen LogP contribution in [0.2, 0.25) is 0 Å². The van der Waals surface area contributed by atoms with Crippen LogP contribution in [0.3, 0.4) is 0 Å². The second-order valence-corrected chi connectivity index (χ2v) is 5.69. The molecule has 1 unspecified atom stereocenters. The van der Waals surface area contributed by atoms with Crippen molar-refractivity contribution in [3.05, 3.63) is 59.4 Å². The molecular formula is C16H18FNOS. The molecule has 0 aromatic heterocycles. The summed E-state index contributed by atoms with van der Waals surface area (Å²) in [5.74, 6) is 0.484. The van der Waals surface area contributed by atoms with Gasteiger partial charge < -0.3 is 10.5 Å². The van der Waals surface area contributed by atoms with E-state index in [-0.39, 0.29) is 17.6 Å². The van der Waals surface area contributed by atoms with Gasteiger partial charge in [0, 0.05) is 22.3 Å². The van der Waals surface area contributed by atoms with Crippen molar-refractivity contribution in [3.63, 3.8) is 0 Å². The second kappa shape index (κ2) is 6.77. The van der Waals surface area contributed by atoms with Crippen molar-refractivity contribution in [2.75, 3.05) is 12.9 Å². The van der Waals surface area contributed by atoms with Crippen LogP contribution in [0.1, 0.15) is 17.2 Å². The Labute approximate surface area is 123 Å². The largest absolute Gasteiger partial charge is 0.494 e. The van der Waals surface area contributed by atoms with Crippen molar-refractivity contribution in [2.24, 2.45) is 5.73 Å². The lowest BCUT2D eigenvalue weighted by Gasteiger charge is -2.14. The van der Waals surface area contributed by atoms with Gasteiger partial charge in [0.2, 0.25) is 0 Å². The number of halogens is 1. The van der Waals surface area contributed by atoms with Gasteiger partial charge >= 0.3 is 0 Å². The second-order valence-electron chi connectivity index (χ2n) is 4.59. The van der Waals surface area contributed by atoms with Gasteiger partial charge in [0.1, 0.15) is 0 Å². The molecule has 2 aromatic carbocycles. The summed E-state index contributed by atoms with van der Waals surface area (Å²) in [6.07, 6.45) is 0. The fourth-order valence-electron chi connectivity index (χ4n) is 1.88. The fraction of sp³-hybridized carbons (Fsp3) is 0.250. The van der Waals surface area contributed by atoms with Crippen molar-refractivity contribution >= 4 is 11.8 Å². The summed E-state index contributed by atoms with van der Waals surface area (Å²) in [5.41, 5.74) is 7.79. The van der Waals surface area contributed by atoms with Crippen LogP contribution in [0, 0.1) is 12.7 Å². The third-order valence-corrected chi connectivity index (χ3v) is 4.19. The average molecular weight is 291 g/mol. The molecule has 0 fully saturated rings. The Hall–Kier alpha value is -1.52. The number of methoxy groups -OCH3 is 1. The first-order chi connectivity index (χ1) is 9.61. The molecule has 0 radical (unpaired) electrons. The first-order valence-corrected chi connectivity index (χ1v) is 7.38. The fourth-order valence-corrected chi connectivity index (χ4v) is 2.76. The first-order valence-electron chi connectivity index (χ1n) is 6.39. The molecule has 0 aliphatic rings. The summed E-state index contributed by atoms with van der Waals surface area (Å²) in [4.78, 5) is 1.13. The summed E-state index contributed by atoms with van der Waals surface area (Å²) >= 11 is 1.62. The molecule has 0 spiro atoms. The van der Waals surface area contributed by atoms with Gasteiger partial charge in [-0.25, -0.2) is 4.39 Å². The van der Waals surface area contributed by atoms with Gasteiger partial charge in [-0.2, -0.15) is 0 Å². The van der Waals surface area contributed by atoms with Gasteiger partial charge in [-0.3, -0.25) is 0 Å². The monoisotopic (exact) mass is 291 g/mol. The summed E-state index contributed by atoms with van der Waals surface area (Å²) in [6, 6.07) is 12.9. The van der Waals surface area contributed by atoms with E-state index in [1.165, 1.54) is 12.7 Å². The highest BCUT2D eigenvalue weighted by atomic mass is 32.2. The van der Waals surface area contributed by atoms with E-state index in [0.29, 0.717) is 11.3 Å². The number of aryl methyl sites for hydroxylation is 1. The van der Waals surface area contributed by atoms with E-state index in [2.05, 4.69) is 24.3 Å². The van der Waals surface area contributed by atoms with Crippen molar-refractivity contribution in [2.45, 2.75) is 17.9 Å². The lowest BCUT2D eigenvalue weighted by atomic mass is 10.1. The molecule has 0 amide bonds. The Morgan fingerprint density at radius 1 is 1.20 bits per heavy atom. The number of nitrogens with two attached hydrogens (primary N) is 1. The molecule has 2 rings (SSSR count). The predicted molar refractivity (Wildman–Crippen MR) is 81.8 cm³/mol. The van der Waals surface area contributed by atoms with Crippen molar-refractivity contribution < 1.29 is 9.13 Å². The maximum absolute atomic E-state index is 14.1. The lowest BCUT2D eigenvalue weighted by molar-refractivity contribution is 0.383. The number of hydrogen-bond donors (Lipinski definition) is 1. The predicted octanol–water partition coefficient (Wildman–Crippen LogP) is 3.93. The molecule has 2 N–H and O–H groups in total. The highest BCUT2D eigenvalue weighted by Crippen LogP contribution is 2.28. The zero-order valence-electron chi connectivity index (χ0n) is 11.6. The third kappa shape index (κ3) is 3.52. The van der Waals surface area contributed by atoms with Crippen LogP contribution in [0.5, 0.6) is 5.75 Å². The molecule has 0 saturated heterocycles. The van der Waals surface area contributed by atoms with Crippen LogP contribution >= 0.6 is 11.8 Å². The maximum Gasteiger partial charge on any atom is 0.169 e. The van der Waals surface area contributed by atoms with Crippen molar-refractivity contribution in [3.8, 4) is 5.75 Å². The highest BCUT2D eigenvalue weighted by Gasteiger charge is 2.15. The van der Waals surface area contributed by atoms with E-state index in [4.69, 9.17) is 10.5 Å². The Balaban J connectivity index is 2.05. The van der Waals surface area contributed by atoms with E-state index in [0.717, 1.165) is 4.90 Å². The molecule has 0 aliphatic carbocycles. The molecule has 0 aliphatic heterocycles. The molecule has 2 aromatic rings. The molecule has 106 valence electrons. The Bertz CT molecular complexity index is 571. The quantitative estimate of drug-likeness (QED) is 0.848. The average Bonchev–Trinajstić information content (AvgIpc) is 2.46. The minimum atomic E-state index is -0.369. The topological polar surface area (TPSA) is 35.2 Å². The smallest absolute Gasteiger partial charge is 0.169 e. The third-order valence-electron chi connectivity index (χ3n) is 3.06. The molecule has 0 heterocycles. The van der Waals surface area contributed by atoms with Gasteiger partial charge in [0.15, 0.2) is 11.6 Å². The van der Waals surface area contributed by atoms with Crippen LogP contribution < -0.4 is 10.5 Å². The Morgan fingerprint density at radius 3 is 2.55 bits per heavy atom. The summed E-state index contributed by atoms with van der Waals surface area (Å²) in [6.45, 7) is 2.05. The van der Waals surface area contributed by atoms with Gasteiger partial charge in [-0.1, -0.05) is 29.8 Å². The normalized spacial score (nSPS) is 12.2. The van der Waals surface area contributed by atoms with Crippen LogP contribution in [0.15, 0.2) is 47.4 Å². The van der Waals surface area contributed by atoms with Crippen LogP contribution in [0.25, 0.3) is 0 Å². The molecule has 20 heavy (non-hydrogen) atoms. The molecule has 1 atom stereocenters. The van der Waals surface area contributed by atoms with Crippen molar-refractivity contribution in [1.82, 2.24) is 0 Å². The number of thioether (sulfide) groups is 1. The van der Waals surface area contributed by atoms with E-state index in [1.54, 1.807) is 30.0 Å². The van der Waals surface area contributed by atoms with Gasteiger partial charge in [0.25, 0.3) is 0 Å². The van der Waals surface area contributed by atoms with Crippen LogP contribution in [-0.2, 0) is 0 Å². The Kier molecular flexibility index (Phi) is 5.04. The molecule has 2 nitrogen and oxygen atoms in total. The maximum atomic E-state index is 14.1. The number of ether oxygens (including phenoxy) is 1. The van der Waals surface area contributed by atoms with Gasteiger partial charge in [-0.15, -0.1) is 11.8 Å². The standard InChI is InChI=1S/C16H18FNOS/c1-11-6-8-12(9-7-11)20-10-14(18)13-4-3-5-15(19-2)16(13)17/h3-9,14H,10,18H2,1-2H3. The minimum Gasteiger partial charge on any atom is -0.494 e. The van der Waals surface area contributed by atoms with Gasteiger partial charge in [0.05, 0.1) is 7.11 Å². The summed E-state index contributed by atoms with van der Waals surface area (Å²) in [5, 5.41) is 0. The summed E-state index contributed by atoms with van der Waals surface area (Å²) < 4.78 is 19.1. The lowest BCUT2D eigenvalue weighted by Crippen LogP contribution is -2.15. The Morgan fingerprint density at radius 2 is 1.90 bits per heavy atom. The number of hydrogen-bond acceptors (Lipinski definition) is 3. The van der Waals surface area contributed by atoms with E-state index in [9.17, 15) is 4.39 Å². The molecule has 4 heteroatoms.